The summed E-state index contributed by atoms with van der Waals surface area (Å²) in [4.78, 5) is 17.1. The van der Waals surface area contributed by atoms with E-state index in [9.17, 15) is 9.90 Å². The molecule has 35 heavy (non-hydrogen) atoms. The molecule has 0 aliphatic carbocycles. The van der Waals surface area contributed by atoms with Crippen molar-refractivity contribution in [2.75, 3.05) is 25.5 Å². The largest absolute Gasteiger partial charge is 0.855 e. The maximum Gasteiger partial charge on any atom is 0.160 e. The van der Waals surface area contributed by atoms with Gasteiger partial charge in [0.05, 0.1) is 30.0 Å². The van der Waals surface area contributed by atoms with Crippen LogP contribution in [-0.2, 0) is 0 Å². The number of likely N-dealkylation sites (tertiary alicyclic amines) is 1. The van der Waals surface area contributed by atoms with E-state index in [1.165, 1.54) is 6.92 Å². The van der Waals surface area contributed by atoms with Crippen molar-refractivity contribution in [3.05, 3.63) is 88.4 Å². The Morgan fingerprint density at radius 2 is 1.71 bits per heavy atom. The fourth-order valence-corrected chi connectivity index (χ4v) is 5.08. The van der Waals surface area contributed by atoms with Gasteiger partial charge in [0.15, 0.2) is 5.78 Å². The van der Waals surface area contributed by atoms with Gasteiger partial charge in [-0.3, -0.25) is 9.79 Å². The third kappa shape index (κ3) is 4.72. The fraction of sp³-hybridized carbons (Fsp3) is 0.250. The van der Waals surface area contributed by atoms with Crippen LogP contribution in [-0.4, -0.2) is 42.1 Å². The summed E-state index contributed by atoms with van der Waals surface area (Å²) in [5.74, 6) is -0.255. The molecule has 3 aromatic carbocycles. The van der Waals surface area contributed by atoms with Crippen molar-refractivity contribution in [1.29, 1.82) is 0 Å². The van der Waals surface area contributed by atoms with Crippen molar-refractivity contribution >= 4 is 46.1 Å². The number of halogens is 1. The van der Waals surface area contributed by atoms with Gasteiger partial charge in [-0.05, 0) is 31.2 Å². The van der Waals surface area contributed by atoms with Gasteiger partial charge in [-0.1, -0.05) is 59.2 Å². The number of aliphatic imine (C=N–C) groups is 1. The molecule has 0 spiro atoms. The van der Waals surface area contributed by atoms with E-state index < -0.39 is 0 Å². The Balaban J connectivity index is 1.43. The van der Waals surface area contributed by atoms with Crippen LogP contribution in [0.1, 0.15) is 41.3 Å². The van der Waals surface area contributed by atoms with E-state index in [1.807, 2.05) is 37.4 Å². The number of nitrogens with zero attached hydrogens (tertiary/aromatic N) is 3. The van der Waals surface area contributed by atoms with Crippen LogP contribution in [0.15, 0.2) is 76.8 Å². The molecule has 2 aliphatic heterocycles. The number of piperidine rings is 1. The topological polar surface area (TPSA) is 76.9 Å². The van der Waals surface area contributed by atoms with E-state index in [2.05, 4.69) is 22.6 Å². The number of para-hydroxylation sites is 1. The summed E-state index contributed by atoms with van der Waals surface area (Å²) in [6, 6.07) is 20.8. The van der Waals surface area contributed by atoms with Crippen molar-refractivity contribution in [2.45, 2.75) is 19.8 Å². The van der Waals surface area contributed by atoms with Crippen LogP contribution < -0.4 is 10.4 Å². The first kappa shape index (κ1) is 23.3. The van der Waals surface area contributed by atoms with Gasteiger partial charge in [0, 0.05) is 46.2 Å². The van der Waals surface area contributed by atoms with Gasteiger partial charge in [-0.2, -0.15) is 0 Å². The lowest BCUT2D eigenvalue weighted by molar-refractivity contribution is -0.922. The zero-order valence-corrected chi connectivity index (χ0v) is 20.5. The number of Topliss-reactive ketones (excluding diaryl/α,β-unsaturated/α-hetero) is 1. The SMILES string of the molecule is CC(=O)c1ccccc1/C([O-])=N/[N+]1(C)CCC(C2=Nc3cc(Cl)ccc3Nc3ccccc32)CC1. The number of carbonyl (C=O) groups is 1. The average molecular weight is 487 g/mol. The van der Waals surface area contributed by atoms with E-state index in [-0.39, 0.29) is 22.2 Å². The van der Waals surface area contributed by atoms with Crippen LogP contribution in [0.5, 0.6) is 0 Å². The quantitative estimate of drug-likeness (QED) is 0.235. The minimum Gasteiger partial charge on any atom is -0.855 e. The highest BCUT2D eigenvalue weighted by molar-refractivity contribution is 6.31. The molecule has 0 radical (unpaired) electrons. The number of nitrogens with one attached hydrogen (secondary N) is 1. The standard InChI is InChI=1S/C28H27ClN4O2/c1-18(34)21-7-3-4-8-22(21)28(35)32-33(2)15-13-19(14-16-33)27-23-9-5-6-10-24(23)30-25-12-11-20(29)17-26(25)31-27/h3-12,17,19H,13-16H2,1-2H3,(H-,30,31,32,35). The Morgan fingerprint density at radius 1 is 1.03 bits per heavy atom. The number of benzene rings is 3. The molecular weight excluding hydrogens is 460 g/mol. The van der Waals surface area contributed by atoms with Gasteiger partial charge in [0.1, 0.15) is 13.1 Å². The molecule has 0 bridgehead atoms. The summed E-state index contributed by atoms with van der Waals surface area (Å²) in [6.07, 6.45) is 1.68. The second kappa shape index (κ2) is 9.29. The Labute approximate surface area is 210 Å². The molecule has 1 saturated heterocycles. The second-order valence-corrected chi connectivity index (χ2v) is 9.83. The van der Waals surface area contributed by atoms with Gasteiger partial charge in [0.25, 0.3) is 0 Å². The summed E-state index contributed by atoms with van der Waals surface area (Å²) < 4.78 is 0.289. The molecule has 0 aromatic heterocycles. The molecule has 6 nitrogen and oxygen atoms in total. The van der Waals surface area contributed by atoms with Crippen molar-refractivity contribution in [3.63, 3.8) is 0 Å². The molecule has 1 N–H and O–H groups in total. The Bertz CT molecular complexity index is 1360. The Kier molecular flexibility index (Phi) is 6.17. The van der Waals surface area contributed by atoms with Crippen LogP contribution in [0.4, 0.5) is 17.1 Å². The number of carbonyl (C=O) groups excluding carboxylic acids is 1. The minimum absolute atomic E-state index is 0.135. The summed E-state index contributed by atoms with van der Waals surface area (Å²) >= 11 is 6.28. The van der Waals surface area contributed by atoms with Gasteiger partial charge in [0.2, 0.25) is 0 Å². The highest BCUT2D eigenvalue weighted by atomic mass is 35.5. The van der Waals surface area contributed by atoms with Crippen molar-refractivity contribution in [2.24, 2.45) is 16.0 Å². The van der Waals surface area contributed by atoms with Crippen LogP contribution >= 0.6 is 11.6 Å². The maximum atomic E-state index is 13.0. The highest BCUT2D eigenvalue weighted by Crippen LogP contribution is 2.39. The van der Waals surface area contributed by atoms with Crippen LogP contribution in [0.25, 0.3) is 0 Å². The predicted octanol–water partition coefficient (Wildman–Crippen LogP) is 5.30. The third-order valence-electron chi connectivity index (χ3n) is 6.85. The lowest BCUT2D eigenvalue weighted by Gasteiger charge is -2.37. The Hall–Kier alpha value is -3.48. The van der Waals surface area contributed by atoms with Crippen molar-refractivity contribution in [3.8, 4) is 0 Å². The molecule has 0 saturated carbocycles. The van der Waals surface area contributed by atoms with Crippen LogP contribution in [0.3, 0.4) is 0 Å². The van der Waals surface area contributed by atoms with Gasteiger partial charge >= 0.3 is 0 Å². The van der Waals surface area contributed by atoms with Crippen LogP contribution in [0.2, 0.25) is 5.02 Å². The summed E-state index contributed by atoms with van der Waals surface area (Å²) in [5, 5.41) is 21.7. The summed E-state index contributed by atoms with van der Waals surface area (Å²) in [7, 11) is 1.98. The smallest absolute Gasteiger partial charge is 0.160 e. The zero-order chi connectivity index (χ0) is 24.6. The molecular formula is C28H27ClN4O2. The lowest BCUT2D eigenvalue weighted by Crippen LogP contribution is -2.48. The molecule has 5 rings (SSSR count). The number of hydrogen-bond donors (Lipinski definition) is 1. The Morgan fingerprint density at radius 3 is 2.46 bits per heavy atom. The van der Waals surface area contributed by atoms with E-state index in [0.717, 1.165) is 41.2 Å². The van der Waals surface area contributed by atoms with E-state index in [4.69, 9.17) is 16.6 Å². The average Bonchev–Trinajstić information content (AvgIpc) is 3.01. The second-order valence-electron chi connectivity index (χ2n) is 9.40. The molecule has 7 heteroatoms. The van der Waals surface area contributed by atoms with Gasteiger partial charge < -0.3 is 10.4 Å². The summed E-state index contributed by atoms with van der Waals surface area (Å²) in [6.45, 7) is 2.88. The normalized spacial score (nSPS) is 21.7. The molecule has 0 atom stereocenters. The first-order chi connectivity index (χ1) is 16.8. The number of anilines is 2. The number of hydrogen-bond acceptors (Lipinski definition) is 5. The van der Waals surface area contributed by atoms with Crippen LogP contribution in [0, 0.1) is 5.92 Å². The molecule has 178 valence electrons. The first-order valence-electron chi connectivity index (χ1n) is 11.8. The zero-order valence-electron chi connectivity index (χ0n) is 19.8. The maximum absolute atomic E-state index is 13.0. The first-order valence-corrected chi connectivity index (χ1v) is 12.2. The number of ketones is 1. The predicted molar refractivity (Wildman–Crippen MR) is 139 cm³/mol. The third-order valence-corrected chi connectivity index (χ3v) is 7.08. The van der Waals surface area contributed by atoms with E-state index in [0.29, 0.717) is 29.2 Å². The van der Waals surface area contributed by atoms with Crippen molar-refractivity contribution in [1.82, 2.24) is 0 Å². The summed E-state index contributed by atoms with van der Waals surface area (Å²) in [5.41, 5.74) is 5.68. The van der Waals surface area contributed by atoms with Gasteiger partial charge in [-0.25, -0.2) is 4.59 Å². The number of fused-ring (bicyclic) bond motifs is 2. The van der Waals surface area contributed by atoms with Crippen molar-refractivity contribution < 1.29 is 14.5 Å². The van der Waals surface area contributed by atoms with E-state index >= 15 is 0 Å². The number of quaternary nitrogens is 1. The van der Waals surface area contributed by atoms with E-state index in [1.54, 1.807) is 24.3 Å². The number of rotatable bonds is 4. The minimum atomic E-state index is -0.346. The monoisotopic (exact) mass is 486 g/mol. The fourth-order valence-electron chi connectivity index (χ4n) is 4.91. The van der Waals surface area contributed by atoms with Gasteiger partial charge in [-0.15, -0.1) is 0 Å². The highest BCUT2D eigenvalue weighted by Gasteiger charge is 2.34. The molecule has 2 aliphatic rings. The lowest BCUT2D eigenvalue weighted by atomic mass is 9.87. The molecule has 3 aromatic rings. The molecule has 1 fully saturated rings. The molecule has 0 unspecified atom stereocenters. The molecule has 2 heterocycles. The molecule has 0 amide bonds.